The number of benzene rings is 2. The standard InChI is InChI=1S/C18H20N2/c1-3-9-17-15(7-1)12-16(19-17)13-20-11-5-8-14-6-2-4-10-18(14)20/h1-4,6-7,9-10,16,19H,5,8,11-13H2. The molecule has 2 aliphatic rings. The third-order valence-electron chi connectivity index (χ3n) is 4.49. The number of nitrogens with one attached hydrogen (secondary N) is 1. The molecule has 2 nitrogen and oxygen atoms in total. The van der Waals surface area contributed by atoms with Crippen LogP contribution in [0.3, 0.4) is 0 Å². The van der Waals surface area contributed by atoms with Gasteiger partial charge in [0.15, 0.2) is 0 Å². The Morgan fingerprint density at radius 3 is 2.70 bits per heavy atom. The lowest BCUT2D eigenvalue weighted by Gasteiger charge is -2.33. The van der Waals surface area contributed by atoms with Gasteiger partial charge in [-0.1, -0.05) is 36.4 Å². The smallest absolute Gasteiger partial charge is 0.0477 e. The molecular weight excluding hydrogens is 244 g/mol. The second-order valence-electron chi connectivity index (χ2n) is 5.88. The van der Waals surface area contributed by atoms with Crippen LogP contribution in [0.1, 0.15) is 17.5 Å². The minimum absolute atomic E-state index is 0.540. The van der Waals surface area contributed by atoms with Crippen molar-refractivity contribution in [2.45, 2.75) is 25.3 Å². The van der Waals surface area contributed by atoms with Gasteiger partial charge in [-0.2, -0.15) is 0 Å². The fourth-order valence-corrected chi connectivity index (χ4v) is 3.55. The zero-order valence-electron chi connectivity index (χ0n) is 11.7. The Bertz CT molecular complexity index is 595. The highest BCUT2D eigenvalue weighted by Gasteiger charge is 2.24. The Morgan fingerprint density at radius 2 is 1.80 bits per heavy atom. The molecule has 0 aromatic heterocycles. The molecule has 2 aliphatic heterocycles. The van der Waals surface area contributed by atoms with E-state index in [4.69, 9.17) is 0 Å². The fraction of sp³-hybridized carbons (Fsp3) is 0.333. The van der Waals surface area contributed by atoms with Gasteiger partial charge in [-0.3, -0.25) is 0 Å². The summed E-state index contributed by atoms with van der Waals surface area (Å²) in [5.74, 6) is 0. The minimum atomic E-state index is 0.540. The van der Waals surface area contributed by atoms with Gasteiger partial charge in [0, 0.05) is 30.5 Å². The lowest BCUT2D eigenvalue weighted by molar-refractivity contribution is 0.638. The average molecular weight is 264 g/mol. The summed E-state index contributed by atoms with van der Waals surface area (Å²) in [5, 5.41) is 3.67. The molecule has 0 fully saturated rings. The van der Waals surface area contributed by atoms with E-state index in [2.05, 4.69) is 58.7 Å². The van der Waals surface area contributed by atoms with Gasteiger partial charge in [-0.25, -0.2) is 0 Å². The number of hydrogen-bond donors (Lipinski definition) is 1. The second kappa shape index (κ2) is 4.86. The summed E-state index contributed by atoms with van der Waals surface area (Å²) in [7, 11) is 0. The fourth-order valence-electron chi connectivity index (χ4n) is 3.55. The summed E-state index contributed by atoms with van der Waals surface area (Å²) in [6.45, 7) is 2.29. The average Bonchev–Trinajstić information content (AvgIpc) is 2.90. The Hall–Kier alpha value is -1.96. The number of rotatable bonds is 2. The maximum absolute atomic E-state index is 3.67. The minimum Gasteiger partial charge on any atom is -0.380 e. The number of nitrogens with zero attached hydrogens (tertiary/aromatic N) is 1. The summed E-state index contributed by atoms with van der Waals surface area (Å²) in [5.41, 5.74) is 5.73. The van der Waals surface area contributed by atoms with Crippen LogP contribution in [0.25, 0.3) is 0 Å². The van der Waals surface area contributed by atoms with E-state index >= 15 is 0 Å². The van der Waals surface area contributed by atoms with E-state index in [1.54, 1.807) is 0 Å². The number of anilines is 2. The largest absolute Gasteiger partial charge is 0.380 e. The quantitative estimate of drug-likeness (QED) is 0.893. The molecule has 2 heterocycles. The van der Waals surface area contributed by atoms with Gasteiger partial charge >= 0.3 is 0 Å². The van der Waals surface area contributed by atoms with Crippen molar-refractivity contribution in [1.29, 1.82) is 0 Å². The molecule has 0 saturated heterocycles. The monoisotopic (exact) mass is 264 g/mol. The molecule has 1 unspecified atom stereocenters. The number of para-hydroxylation sites is 2. The van der Waals surface area contributed by atoms with Gasteiger partial charge in [-0.15, -0.1) is 0 Å². The first-order valence-electron chi connectivity index (χ1n) is 7.57. The maximum atomic E-state index is 3.67. The van der Waals surface area contributed by atoms with Crippen LogP contribution in [0.5, 0.6) is 0 Å². The van der Waals surface area contributed by atoms with E-state index in [0.717, 1.165) is 13.0 Å². The Balaban J connectivity index is 1.52. The molecule has 0 amide bonds. The van der Waals surface area contributed by atoms with E-state index in [1.807, 2.05) is 0 Å². The zero-order valence-corrected chi connectivity index (χ0v) is 11.7. The molecule has 2 heteroatoms. The Labute approximate surface area is 120 Å². The number of aryl methyl sites for hydroxylation is 1. The first-order chi connectivity index (χ1) is 9.90. The van der Waals surface area contributed by atoms with Crippen LogP contribution in [-0.4, -0.2) is 19.1 Å². The molecule has 0 saturated carbocycles. The predicted octanol–water partition coefficient (Wildman–Crippen LogP) is 3.48. The molecule has 0 spiro atoms. The highest BCUT2D eigenvalue weighted by molar-refractivity contribution is 5.59. The first kappa shape index (κ1) is 11.8. The predicted molar refractivity (Wildman–Crippen MR) is 84.5 cm³/mol. The van der Waals surface area contributed by atoms with Crippen LogP contribution < -0.4 is 10.2 Å². The van der Waals surface area contributed by atoms with Crippen molar-refractivity contribution in [3.8, 4) is 0 Å². The summed E-state index contributed by atoms with van der Waals surface area (Å²) in [6.07, 6.45) is 3.65. The number of hydrogen-bond acceptors (Lipinski definition) is 2. The van der Waals surface area contributed by atoms with Crippen molar-refractivity contribution in [3.05, 3.63) is 59.7 Å². The molecule has 0 bridgehead atoms. The van der Waals surface area contributed by atoms with Gasteiger partial charge < -0.3 is 10.2 Å². The molecule has 4 rings (SSSR count). The third kappa shape index (κ3) is 2.05. The molecule has 0 aliphatic carbocycles. The highest BCUT2D eigenvalue weighted by Crippen LogP contribution is 2.30. The Kier molecular flexibility index (Phi) is 2.87. The lowest BCUT2D eigenvalue weighted by atomic mass is 10.0. The highest BCUT2D eigenvalue weighted by atomic mass is 15.2. The van der Waals surface area contributed by atoms with Gasteiger partial charge in [0.05, 0.1) is 0 Å². The van der Waals surface area contributed by atoms with Gasteiger partial charge in [-0.05, 0) is 42.5 Å². The van der Waals surface area contributed by atoms with Crippen molar-refractivity contribution >= 4 is 11.4 Å². The van der Waals surface area contributed by atoms with E-state index in [9.17, 15) is 0 Å². The third-order valence-corrected chi connectivity index (χ3v) is 4.49. The molecule has 20 heavy (non-hydrogen) atoms. The topological polar surface area (TPSA) is 15.3 Å². The van der Waals surface area contributed by atoms with Crippen LogP contribution in [0.15, 0.2) is 48.5 Å². The molecule has 2 aromatic carbocycles. The van der Waals surface area contributed by atoms with Gasteiger partial charge in [0.2, 0.25) is 0 Å². The molecular formula is C18H20N2. The summed E-state index contributed by atoms with van der Waals surface area (Å²) in [4.78, 5) is 2.56. The van der Waals surface area contributed by atoms with Crippen molar-refractivity contribution in [3.63, 3.8) is 0 Å². The van der Waals surface area contributed by atoms with Crippen LogP contribution >= 0.6 is 0 Å². The SMILES string of the molecule is c1ccc2c(c1)CC(CN1CCCc3ccccc31)N2. The molecule has 1 N–H and O–H groups in total. The van der Waals surface area contributed by atoms with E-state index in [-0.39, 0.29) is 0 Å². The summed E-state index contributed by atoms with van der Waals surface area (Å²) in [6, 6.07) is 18.1. The van der Waals surface area contributed by atoms with E-state index < -0.39 is 0 Å². The molecule has 1 atom stereocenters. The first-order valence-corrected chi connectivity index (χ1v) is 7.57. The lowest BCUT2D eigenvalue weighted by Crippen LogP contribution is -2.38. The van der Waals surface area contributed by atoms with Crippen molar-refractivity contribution in [1.82, 2.24) is 0 Å². The normalized spacial score (nSPS) is 20.2. The summed E-state index contributed by atoms with van der Waals surface area (Å²) < 4.78 is 0. The van der Waals surface area contributed by atoms with Gasteiger partial charge in [0.25, 0.3) is 0 Å². The van der Waals surface area contributed by atoms with Gasteiger partial charge in [0.1, 0.15) is 0 Å². The molecule has 0 radical (unpaired) electrons. The van der Waals surface area contributed by atoms with Crippen molar-refractivity contribution in [2.24, 2.45) is 0 Å². The van der Waals surface area contributed by atoms with Crippen molar-refractivity contribution in [2.75, 3.05) is 23.3 Å². The van der Waals surface area contributed by atoms with Crippen molar-refractivity contribution < 1.29 is 0 Å². The molecule has 2 aromatic rings. The van der Waals surface area contributed by atoms with Crippen LogP contribution in [0, 0.1) is 0 Å². The number of fused-ring (bicyclic) bond motifs is 2. The second-order valence-corrected chi connectivity index (χ2v) is 5.88. The summed E-state index contributed by atoms with van der Waals surface area (Å²) >= 11 is 0. The Morgan fingerprint density at radius 1 is 1.00 bits per heavy atom. The molecule has 102 valence electrons. The van der Waals surface area contributed by atoms with E-state index in [1.165, 1.54) is 41.9 Å². The van der Waals surface area contributed by atoms with Crippen LogP contribution in [-0.2, 0) is 12.8 Å². The van der Waals surface area contributed by atoms with Crippen LogP contribution in [0.4, 0.5) is 11.4 Å². The van der Waals surface area contributed by atoms with E-state index in [0.29, 0.717) is 6.04 Å². The zero-order chi connectivity index (χ0) is 13.4. The maximum Gasteiger partial charge on any atom is 0.0477 e. The van der Waals surface area contributed by atoms with Crippen LogP contribution in [0.2, 0.25) is 0 Å².